The molecule has 0 aliphatic rings. The van der Waals surface area contributed by atoms with Crippen molar-refractivity contribution in [2.45, 2.75) is 17.9 Å². The van der Waals surface area contributed by atoms with Gasteiger partial charge in [0.1, 0.15) is 0 Å². The van der Waals surface area contributed by atoms with Gasteiger partial charge in [0.05, 0.1) is 4.90 Å². The van der Waals surface area contributed by atoms with Gasteiger partial charge in [-0.2, -0.15) is 4.31 Å². The van der Waals surface area contributed by atoms with Crippen LogP contribution < -0.4 is 5.32 Å². The van der Waals surface area contributed by atoms with Gasteiger partial charge in [0.15, 0.2) is 0 Å². The van der Waals surface area contributed by atoms with Crippen LogP contribution in [0.3, 0.4) is 0 Å². The van der Waals surface area contributed by atoms with Gasteiger partial charge in [0.2, 0.25) is 10.0 Å². The van der Waals surface area contributed by atoms with Crippen LogP contribution in [-0.4, -0.2) is 25.7 Å². The van der Waals surface area contributed by atoms with Gasteiger partial charge in [-0.25, -0.2) is 8.42 Å². The zero-order valence-corrected chi connectivity index (χ0v) is 16.6. The Morgan fingerprint density at radius 3 is 1.96 bits per heavy atom. The Bertz CT molecular complexity index is 1030. The first-order chi connectivity index (χ1) is 13.4. The van der Waals surface area contributed by atoms with Gasteiger partial charge in [-0.15, -0.1) is 0 Å². The van der Waals surface area contributed by atoms with E-state index in [1.165, 1.54) is 4.31 Å². The highest BCUT2D eigenvalue weighted by molar-refractivity contribution is 7.89. The summed E-state index contributed by atoms with van der Waals surface area (Å²) < 4.78 is 26.9. The fourth-order valence-corrected chi connectivity index (χ4v) is 4.19. The number of benzene rings is 3. The molecule has 1 amide bonds. The summed E-state index contributed by atoms with van der Waals surface area (Å²) in [5, 5.41) is 2.84. The first-order valence-corrected chi connectivity index (χ1v) is 10.3. The summed E-state index contributed by atoms with van der Waals surface area (Å²) in [6.07, 6.45) is 0. The molecule has 6 heteroatoms. The summed E-state index contributed by atoms with van der Waals surface area (Å²) in [5.41, 5.74) is 2.06. The van der Waals surface area contributed by atoms with E-state index in [1.807, 2.05) is 37.3 Å². The smallest absolute Gasteiger partial charge is 0.255 e. The second-order valence-corrected chi connectivity index (χ2v) is 8.45. The van der Waals surface area contributed by atoms with Crippen LogP contribution in [0.5, 0.6) is 0 Å². The third-order valence-electron chi connectivity index (χ3n) is 4.65. The van der Waals surface area contributed by atoms with Crippen molar-refractivity contribution in [3.05, 3.63) is 96.1 Å². The van der Waals surface area contributed by atoms with Gasteiger partial charge < -0.3 is 5.32 Å². The highest BCUT2D eigenvalue weighted by Gasteiger charge is 2.26. The molecule has 5 nitrogen and oxygen atoms in total. The first kappa shape index (κ1) is 19.8. The molecule has 0 bridgehead atoms. The van der Waals surface area contributed by atoms with Gasteiger partial charge in [0.25, 0.3) is 5.91 Å². The Labute approximate surface area is 165 Å². The molecule has 1 N–H and O–H groups in total. The summed E-state index contributed by atoms with van der Waals surface area (Å²) in [5.74, 6) is -0.190. The third-order valence-corrected chi connectivity index (χ3v) is 6.59. The lowest BCUT2D eigenvalue weighted by Gasteiger charge is -2.25. The van der Waals surface area contributed by atoms with Crippen molar-refractivity contribution in [1.82, 2.24) is 4.31 Å². The van der Waals surface area contributed by atoms with Gasteiger partial charge in [-0.1, -0.05) is 48.5 Å². The molecule has 3 aromatic rings. The molecule has 0 spiro atoms. The largest absolute Gasteiger partial charge is 0.322 e. The minimum absolute atomic E-state index is 0.190. The Balaban J connectivity index is 1.73. The standard InChI is InChI=1S/C22H22N2O3S/c1-17(24(2)28(26,27)21-11-7-4-8-12-21)18-13-15-20(16-14-18)23-22(25)19-9-5-3-6-10-19/h3-17H,1-2H3,(H,23,25). The molecule has 0 aromatic heterocycles. The van der Waals surface area contributed by atoms with Crippen LogP contribution in [0.25, 0.3) is 0 Å². The molecule has 0 fully saturated rings. The lowest BCUT2D eigenvalue weighted by molar-refractivity contribution is 0.102. The maximum atomic E-state index is 12.8. The third kappa shape index (κ3) is 4.30. The van der Waals surface area contributed by atoms with Crippen molar-refractivity contribution in [1.29, 1.82) is 0 Å². The van der Waals surface area contributed by atoms with E-state index in [4.69, 9.17) is 0 Å². The number of amides is 1. The van der Waals surface area contributed by atoms with Crippen molar-refractivity contribution >= 4 is 21.6 Å². The molecule has 3 rings (SSSR count). The van der Waals surface area contributed by atoms with Crippen molar-refractivity contribution < 1.29 is 13.2 Å². The minimum atomic E-state index is -3.59. The van der Waals surface area contributed by atoms with Gasteiger partial charge in [0, 0.05) is 24.3 Å². The van der Waals surface area contributed by atoms with Gasteiger partial charge in [-0.3, -0.25) is 4.79 Å². The summed E-state index contributed by atoms with van der Waals surface area (Å²) in [6, 6.07) is 24.2. The van der Waals surface area contributed by atoms with Gasteiger partial charge >= 0.3 is 0 Å². The summed E-state index contributed by atoms with van der Waals surface area (Å²) in [6.45, 7) is 1.83. The Hall–Kier alpha value is -2.96. The predicted molar refractivity (Wildman–Crippen MR) is 111 cm³/mol. The van der Waals surface area contributed by atoms with E-state index < -0.39 is 10.0 Å². The Kier molecular flexibility index (Phi) is 5.92. The Morgan fingerprint density at radius 2 is 1.39 bits per heavy atom. The number of nitrogens with zero attached hydrogens (tertiary/aromatic N) is 1. The molecular weight excluding hydrogens is 372 g/mol. The molecule has 0 aliphatic carbocycles. The number of hydrogen-bond acceptors (Lipinski definition) is 3. The average molecular weight is 394 g/mol. The van der Waals surface area contributed by atoms with Crippen LogP contribution in [0.15, 0.2) is 89.8 Å². The molecule has 144 valence electrons. The monoisotopic (exact) mass is 394 g/mol. The number of anilines is 1. The second kappa shape index (κ2) is 8.37. The van der Waals surface area contributed by atoms with E-state index in [-0.39, 0.29) is 16.8 Å². The first-order valence-electron chi connectivity index (χ1n) is 8.89. The maximum absolute atomic E-state index is 12.8. The molecule has 1 atom stereocenters. The molecule has 0 heterocycles. The molecule has 0 saturated carbocycles. The van der Waals surface area contributed by atoms with Crippen molar-refractivity contribution in [2.24, 2.45) is 0 Å². The normalized spacial score (nSPS) is 12.5. The molecule has 1 unspecified atom stereocenters. The maximum Gasteiger partial charge on any atom is 0.255 e. The van der Waals surface area contributed by atoms with E-state index in [9.17, 15) is 13.2 Å². The van der Waals surface area contributed by atoms with E-state index in [1.54, 1.807) is 61.6 Å². The molecule has 3 aromatic carbocycles. The van der Waals surface area contributed by atoms with Crippen molar-refractivity contribution in [3.63, 3.8) is 0 Å². The number of hydrogen-bond donors (Lipinski definition) is 1. The second-order valence-electron chi connectivity index (χ2n) is 6.45. The van der Waals surface area contributed by atoms with Crippen molar-refractivity contribution in [2.75, 3.05) is 12.4 Å². The van der Waals surface area contributed by atoms with E-state index in [2.05, 4.69) is 5.32 Å². The van der Waals surface area contributed by atoms with Gasteiger partial charge in [-0.05, 0) is 48.9 Å². The Morgan fingerprint density at radius 1 is 0.857 bits per heavy atom. The quantitative estimate of drug-likeness (QED) is 0.677. The molecule has 0 saturated heterocycles. The number of sulfonamides is 1. The lowest BCUT2D eigenvalue weighted by Crippen LogP contribution is -2.29. The zero-order chi connectivity index (χ0) is 20.1. The van der Waals surface area contributed by atoms with Crippen LogP contribution in [0.4, 0.5) is 5.69 Å². The molecular formula is C22H22N2O3S. The fourth-order valence-electron chi connectivity index (χ4n) is 2.81. The van der Waals surface area contributed by atoms with E-state index >= 15 is 0 Å². The van der Waals surface area contributed by atoms with Crippen LogP contribution in [0.2, 0.25) is 0 Å². The predicted octanol–water partition coefficient (Wildman–Crippen LogP) is 4.32. The SMILES string of the molecule is CC(c1ccc(NC(=O)c2ccccc2)cc1)N(C)S(=O)(=O)c1ccccc1. The number of rotatable bonds is 6. The summed E-state index contributed by atoms with van der Waals surface area (Å²) in [4.78, 5) is 12.5. The van der Waals surface area contributed by atoms with Crippen LogP contribution in [0, 0.1) is 0 Å². The van der Waals surface area contributed by atoms with E-state index in [0.717, 1.165) is 5.56 Å². The molecule has 0 radical (unpaired) electrons. The number of carbonyl (C=O) groups is 1. The van der Waals surface area contributed by atoms with Crippen LogP contribution in [0.1, 0.15) is 28.9 Å². The minimum Gasteiger partial charge on any atom is -0.322 e. The molecule has 28 heavy (non-hydrogen) atoms. The highest BCUT2D eigenvalue weighted by Crippen LogP contribution is 2.26. The lowest BCUT2D eigenvalue weighted by atomic mass is 10.1. The summed E-state index contributed by atoms with van der Waals surface area (Å²) >= 11 is 0. The number of carbonyl (C=O) groups excluding carboxylic acids is 1. The van der Waals surface area contributed by atoms with Crippen LogP contribution in [-0.2, 0) is 10.0 Å². The topological polar surface area (TPSA) is 66.5 Å². The van der Waals surface area contributed by atoms with Crippen molar-refractivity contribution in [3.8, 4) is 0 Å². The highest BCUT2D eigenvalue weighted by atomic mass is 32.2. The average Bonchev–Trinajstić information content (AvgIpc) is 2.74. The molecule has 0 aliphatic heterocycles. The fraction of sp³-hybridized carbons (Fsp3) is 0.136. The zero-order valence-electron chi connectivity index (χ0n) is 15.7. The number of nitrogens with one attached hydrogen (secondary N) is 1. The van der Waals surface area contributed by atoms with Crippen LogP contribution >= 0.6 is 0 Å². The van der Waals surface area contributed by atoms with E-state index in [0.29, 0.717) is 11.3 Å². The summed E-state index contributed by atoms with van der Waals surface area (Å²) in [7, 11) is -2.02.